The minimum Gasteiger partial charge on any atom is -0.492 e. The number of likely N-dealkylation sites (N-methyl/N-ethyl adjacent to an activating group) is 1. The quantitative estimate of drug-likeness (QED) is 0.518. The van der Waals surface area contributed by atoms with Crippen molar-refractivity contribution in [2.24, 2.45) is 0 Å². The summed E-state index contributed by atoms with van der Waals surface area (Å²) >= 11 is 0. The molecule has 0 saturated heterocycles. The van der Waals surface area contributed by atoms with Crippen LogP contribution in [-0.2, 0) is 6.54 Å². The molecule has 0 unspecified atom stereocenters. The second-order valence-electron chi connectivity index (χ2n) is 6.60. The fourth-order valence-corrected chi connectivity index (χ4v) is 3.37. The van der Waals surface area contributed by atoms with Crippen LogP contribution in [0, 0.1) is 18.3 Å². The number of nitrogens with zero attached hydrogens (tertiary/aromatic N) is 3. The smallest absolute Gasteiger partial charge is 0.125 e. The Kier molecular flexibility index (Phi) is 4.53. The van der Waals surface area contributed by atoms with Crippen LogP contribution < -0.4 is 10.1 Å². The number of nitriles is 1. The number of H-pyrrole nitrogens is 1. The molecule has 0 atom stereocenters. The molecule has 0 aliphatic carbocycles. The van der Waals surface area contributed by atoms with Gasteiger partial charge in [0.25, 0.3) is 0 Å². The van der Waals surface area contributed by atoms with Crippen molar-refractivity contribution in [3.63, 3.8) is 0 Å². The largest absolute Gasteiger partial charge is 0.492 e. The van der Waals surface area contributed by atoms with Gasteiger partial charge in [-0.25, -0.2) is 0 Å². The predicted octanol–water partition coefficient (Wildman–Crippen LogP) is 3.34. The van der Waals surface area contributed by atoms with E-state index in [2.05, 4.69) is 40.5 Å². The molecule has 0 aliphatic rings. The summed E-state index contributed by atoms with van der Waals surface area (Å²) in [6.07, 6.45) is 3.96. The second kappa shape index (κ2) is 7.14. The van der Waals surface area contributed by atoms with Gasteiger partial charge in [-0.05, 0) is 49.9 Å². The van der Waals surface area contributed by atoms with Crippen LogP contribution in [0.2, 0.25) is 0 Å². The Hall–Kier alpha value is -3.30. The maximum absolute atomic E-state index is 9.09. The first kappa shape index (κ1) is 17.1. The van der Waals surface area contributed by atoms with Crippen molar-refractivity contribution in [1.29, 1.82) is 5.26 Å². The van der Waals surface area contributed by atoms with Gasteiger partial charge in [0.15, 0.2) is 0 Å². The zero-order valence-corrected chi connectivity index (χ0v) is 15.4. The van der Waals surface area contributed by atoms with Crippen LogP contribution in [0.4, 0.5) is 0 Å². The third-order valence-electron chi connectivity index (χ3n) is 4.73. The molecule has 6 nitrogen and oxygen atoms in total. The molecule has 2 N–H and O–H groups in total. The number of hydrogen-bond donors (Lipinski definition) is 2. The Labute approximate surface area is 157 Å². The van der Waals surface area contributed by atoms with Gasteiger partial charge in [-0.3, -0.25) is 4.68 Å². The number of fused-ring (bicyclic) bond motifs is 2. The number of nitrogens with one attached hydrogen (secondary N) is 2. The van der Waals surface area contributed by atoms with E-state index in [1.165, 1.54) is 0 Å². The summed E-state index contributed by atoms with van der Waals surface area (Å²) in [6, 6.07) is 11.9. The zero-order chi connectivity index (χ0) is 18.8. The average Bonchev–Trinajstić information content (AvgIpc) is 3.31. The first-order valence-corrected chi connectivity index (χ1v) is 8.94. The molecule has 0 bridgehead atoms. The van der Waals surface area contributed by atoms with Gasteiger partial charge in [0.1, 0.15) is 12.4 Å². The zero-order valence-electron chi connectivity index (χ0n) is 15.4. The maximum Gasteiger partial charge on any atom is 0.125 e. The molecule has 136 valence electrons. The number of hydrogen-bond acceptors (Lipinski definition) is 4. The Morgan fingerprint density at radius 2 is 2.19 bits per heavy atom. The molecule has 0 spiro atoms. The molecule has 0 amide bonds. The van der Waals surface area contributed by atoms with Crippen LogP contribution in [0.3, 0.4) is 0 Å². The lowest BCUT2D eigenvalue weighted by molar-refractivity contribution is 0.314. The fourth-order valence-electron chi connectivity index (χ4n) is 3.37. The van der Waals surface area contributed by atoms with Crippen LogP contribution in [0.15, 0.2) is 42.7 Å². The SMILES string of the molecule is CNCCOc1cc(C)c2[nH]ccc2c1Cn1cc2ccc(C#N)cc2n1. The molecule has 0 fully saturated rings. The molecular weight excluding hydrogens is 338 g/mol. The van der Waals surface area contributed by atoms with Gasteiger partial charge in [-0.1, -0.05) is 0 Å². The highest BCUT2D eigenvalue weighted by atomic mass is 16.5. The lowest BCUT2D eigenvalue weighted by atomic mass is 10.0. The average molecular weight is 359 g/mol. The molecule has 4 aromatic rings. The molecule has 0 radical (unpaired) electrons. The molecular formula is C21H21N5O. The van der Waals surface area contributed by atoms with Gasteiger partial charge in [0.05, 0.1) is 23.7 Å². The van der Waals surface area contributed by atoms with E-state index in [4.69, 9.17) is 10.00 Å². The number of benzene rings is 2. The number of aryl methyl sites for hydroxylation is 1. The highest BCUT2D eigenvalue weighted by Crippen LogP contribution is 2.31. The first-order chi connectivity index (χ1) is 13.2. The van der Waals surface area contributed by atoms with E-state index in [1.807, 2.05) is 42.3 Å². The summed E-state index contributed by atoms with van der Waals surface area (Å²) in [6.45, 7) is 4.07. The molecule has 0 aliphatic heterocycles. The fraction of sp³-hybridized carbons (Fsp3) is 0.238. The van der Waals surface area contributed by atoms with E-state index in [1.54, 1.807) is 0 Å². The van der Waals surface area contributed by atoms with Crippen LogP contribution in [0.1, 0.15) is 16.7 Å². The topological polar surface area (TPSA) is 78.7 Å². The van der Waals surface area contributed by atoms with E-state index >= 15 is 0 Å². The van der Waals surface area contributed by atoms with Crippen LogP contribution >= 0.6 is 0 Å². The van der Waals surface area contributed by atoms with Gasteiger partial charge in [-0.15, -0.1) is 0 Å². The molecule has 2 heterocycles. The van der Waals surface area contributed by atoms with Crippen molar-refractivity contribution in [3.8, 4) is 11.8 Å². The molecule has 2 aromatic heterocycles. The van der Waals surface area contributed by atoms with Gasteiger partial charge in [0, 0.05) is 40.8 Å². The van der Waals surface area contributed by atoms with Crippen molar-refractivity contribution >= 4 is 21.8 Å². The molecule has 6 heteroatoms. The Morgan fingerprint density at radius 1 is 1.30 bits per heavy atom. The van der Waals surface area contributed by atoms with Crippen LogP contribution in [-0.4, -0.2) is 35.0 Å². The minimum atomic E-state index is 0.597. The highest BCUT2D eigenvalue weighted by Gasteiger charge is 2.14. The first-order valence-electron chi connectivity index (χ1n) is 8.94. The summed E-state index contributed by atoms with van der Waals surface area (Å²) in [7, 11) is 1.91. The van der Waals surface area contributed by atoms with Crippen LogP contribution in [0.5, 0.6) is 5.75 Å². The number of aromatic nitrogens is 3. The van der Waals surface area contributed by atoms with Crippen molar-refractivity contribution < 1.29 is 4.74 Å². The van der Waals surface area contributed by atoms with Crippen LogP contribution in [0.25, 0.3) is 21.8 Å². The van der Waals surface area contributed by atoms with E-state index < -0.39 is 0 Å². The van der Waals surface area contributed by atoms with Crippen molar-refractivity contribution in [2.45, 2.75) is 13.5 Å². The predicted molar refractivity (Wildman–Crippen MR) is 106 cm³/mol. The van der Waals surface area contributed by atoms with Gasteiger partial charge < -0.3 is 15.0 Å². The third kappa shape index (κ3) is 3.25. The van der Waals surface area contributed by atoms with Gasteiger partial charge in [-0.2, -0.15) is 10.4 Å². The monoisotopic (exact) mass is 359 g/mol. The van der Waals surface area contributed by atoms with E-state index in [0.29, 0.717) is 18.7 Å². The molecule has 0 saturated carbocycles. The summed E-state index contributed by atoms with van der Waals surface area (Å²) in [5.41, 5.74) is 4.81. The summed E-state index contributed by atoms with van der Waals surface area (Å²) in [5.74, 6) is 0.882. The minimum absolute atomic E-state index is 0.597. The number of aromatic amines is 1. The Bertz CT molecular complexity index is 1150. The standard InChI is InChI=1S/C21H21N5O/c1-14-9-20(27-8-7-23-2)18(17-5-6-24-21(14)17)13-26-12-16-4-3-15(11-22)10-19(16)25-26/h3-6,9-10,12,23-24H,7-8,13H2,1-2H3. The van der Waals surface area contributed by atoms with Crippen molar-refractivity contribution in [3.05, 3.63) is 59.4 Å². The van der Waals surface area contributed by atoms with Crippen molar-refractivity contribution in [1.82, 2.24) is 20.1 Å². The van der Waals surface area contributed by atoms with E-state index in [9.17, 15) is 0 Å². The number of ether oxygens (including phenoxy) is 1. The van der Waals surface area contributed by atoms with E-state index in [-0.39, 0.29) is 0 Å². The van der Waals surface area contributed by atoms with Crippen molar-refractivity contribution in [2.75, 3.05) is 20.2 Å². The lowest BCUT2D eigenvalue weighted by Gasteiger charge is -2.14. The molecule has 4 rings (SSSR count). The molecule has 2 aromatic carbocycles. The molecule has 27 heavy (non-hydrogen) atoms. The summed E-state index contributed by atoms with van der Waals surface area (Å²) in [4.78, 5) is 3.32. The van der Waals surface area contributed by atoms with Gasteiger partial charge >= 0.3 is 0 Å². The maximum atomic E-state index is 9.09. The normalized spacial score (nSPS) is 11.1. The highest BCUT2D eigenvalue weighted by molar-refractivity contribution is 5.88. The Morgan fingerprint density at radius 3 is 3.00 bits per heavy atom. The lowest BCUT2D eigenvalue weighted by Crippen LogP contribution is -2.17. The second-order valence-corrected chi connectivity index (χ2v) is 6.60. The summed E-state index contributed by atoms with van der Waals surface area (Å²) in [5, 5.41) is 19.0. The Balaban J connectivity index is 1.75. The summed E-state index contributed by atoms with van der Waals surface area (Å²) < 4.78 is 7.97. The third-order valence-corrected chi connectivity index (χ3v) is 4.73. The number of rotatable bonds is 6. The van der Waals surface area contributed by atoms with Gasteiger partial charge in [0.2, 0.25) is 0 Å². The van der Waals surface area contributed by atoms with E-state index in [0.717, 1.165) is 45.2 Å².